The third-order valence-corrected chi connectivity index (χ3v) is 3.89. The normalized spacial score (nSPS) is 15.7. The molecule has 0 saturated heterocycles. The van der Waals surface area contributed by atoms with E-state index in [4.69, 9.17) is 0 Å². The van der Waals surface area contributed by atoms with Crippen LogP contribution in [-0.4, -0.2) is 32.4 Å². The molecule has 5 heteroatoms. The van der Waals surface area contributed by atoms with Crippen LogP contribution in [0.5, 0.6) is 0 Å². The van der Waals surface area contributed by atoms with Crippen molar-refractivity contribution in [2.45, 2.75) is 37.3 Å². The predicted molar refractivity (Wildman–Crippen MR) is 72.3 cm³/mol. The van der Waals surface area contributed by atoms with Gasteiger partial charge >= 0.3 is 0 Å². The first-order chi connectivity index (χ1) is 8.13. The molecule has 1 unspecified atom stereocenters. The van der Waals surface area contributed by atoms with Crippen molar-refractivity contribution in [3.05, 3.63) is 29.8 Å². The van der Waals surface area contributed by atoms with E-state index in [9.17, 15) is 13.5 Å². The van der Waals surface area contributed by atoms with Crippen LogP contribution in [0.4, 0.5) is 0 Å². The van der Waals surface area contributed by atoms with Crippen LogP contribution < -0.4 is 5.32 Å². The number of benzene rings is 1. The quantitative estimate of drug-likeness (QED) is 0.847. The van der Waals surface area contributed by atoms with Gasteiger partial charge in [-0.15, -0.1) is 0 Å². The summed E-state index contributed by atoms with van der Waals surface area (Å²) in [4.78, 5) is 0.263. The Bertz CT molecular complexity index is 489. The fourth-order valence-electron chi connectivity index (χ4n) is 1.57. The van der Waals surface area contributed by atoms with E-state index < -0.39 is 15.4 Å². The first-order valence-corrected chi connectivity index (χ1v) is 7.78. The van der Waals surface area contributed by atoms with E-state index in [0.29, 0.717) is 12.1 Å². The summed E-state index contributed by atoms with van der Waals surface area (Å²) in [5.41, 5.74) is -0.316. The van der Waals surface area contributed by atoms with Crippen molar-refractivity contribution in [1.82, 2.24) is 5.32 Å². The van der Waals surface area contributed by atoms with Gasteiger partial charge in [0.15, 0.2) is 9.84 Å². The molecule has 1 atom stereocenters. The summed E-state index contributed by atoms with van der Waals surface area (Å²) in [5, 5.41) is 13.5. The average molecular weight is 271 g/mol. The highest BCUT2D eigenvalue weighted by molar-refractivity contribution is 7.90. The van der Waals surface area contributed by atoms with E-state index >= 15 is 0 Å². The number of nitrogens with one attached hydrogen (secondary N) is 1. The van der Waals surface area contributed by atoms with E-state index in [1.54, 1.807) is 19.1 Å². The molecule has 0 spiro atoms. The summed E-state index contributed by atoms with van der Waals surface area (Å²) in [7, 11) is -3.19. The summed E-state index contributed by atoms with van der Waals surface area (Å²) in [5.74, 6) is 0. The Labute approximate surface area is 109 Å². The SMILES string of the molecule is CC(C)NCC(C)(O)c1ccc(S(C)(=O)=O)cc1. The molecule has 0 aliphatic carbocycles. The Balaban J connectivity index is 2.90. The largest absolute Gasteiger partial charge is 0.384 e. The standard InChI is InChI=1S/C13H21NO3S/c1-10(2)14-9-13(3,15)11-5-7-12(8-6-11)18(4,16)17/h5-8,10,14-15H,9H2,1-4H3. The maximum atomic E-state index is 11.3. The minimum atomic E-state index is -3.19. The summed E-state index contributed by atoms with van der Waals surface area (Å²) in [6, 6.07) is 6.63. The highest BCUT2D eigenvalue weighted by atomic mass is 32.2. The van der Waals surface area contributed by atoms with Crippen molar-refractivity contribution in [1.29, 1.82) is 0 Å². The molecule has 102 valence electrons. The molecule has 1 aromatic rings. The van der Waals surface area contributed by atoms with E-state index in [1.807, 2.05) is 13.8 Å². The van der Waals surface area contributed by atoms with Crippen LogP contribution >= 0.6 is 0 Å². The van der Waals surface area contributed by atoms with Gasteiger partial charge in [0.25, 0.3) is 0 Å². The Morgan fingerprint density at radius 2 is 1.78 bits per heavy atom. The summed E-state index contributed by atoms with van der Waals surface area (Å²) in [6.07, 6.45) is 1.17. The topological polar surface area (TPSA) is 66.4 Å². The molecule has 1 aromatic carbocycles. The molecule has 0 saturated carbocycles. The van der Waals surface area contributed by atoms with E-state index in [0.717, 1.165) is 0 Å². The minimum Gasteiger partial charge on any atom is -0.384 e. The number of hydrogen-bond donors (Lipinski definition) is 2. The third-order valence-electron chi connectivity index (χ3n) is 2.76. The lowest BCUT2D eigenvalue weighted by atomic mass is 9.96. The van der Waals surface area contributed by atoms with Gasteiger partial charge in [0.1, 0.15) is 0 Å². The van der Waals surface area contributed by atoms with Gasteiger partial charge < -0.3 is 10.4 Å². The van der Waals surface area contributed by atoms with Crippen molar-refractivity contribution in [2.75, 3.05) is 12.8 Å². The van der Waals surface area contributed by atoms with Crippen LogP contribution in [0.2, 0.25) is 0 Å². The van der Waals surface area contributed by atoms with Crippen LogP contribution in [0, 0.1) is 0 Å². The third kappa shape index (κ3) is 4.08. The van der Waals surface area contributed by atoms with Gasteiger partial charge in [-0.3, -0.25) is 0 Å². The number of sulfone groups is 1. The van der Waals surface area contributed by atoms with Crippen molar-refractivity contribution < 1.29 is 13.5 Å². The molecule has 1 rings (SSSR count). The summed E-state index contributed by atoms with van der Waals surface area (Å²) in [6.45, 7) is 6.13. The monoisotopic (exact) mass is 271 g/mol. The van der Waals surface area contributed by atoms with Crippen LogP contribution in [-0.2, 0) is 15.4 Å². The summed E-state index contributed by atoms with van der Waals surface area (Å²) >= 11 is 0. The van der Waals surface area contributed by atoms with Crippen LogP contribution in [0.1, 0.15) is 26.3 Å². The Morgan fingerprint density at radius 1 is 1.28 bits per heavy atom. The molecule has 0 aliphatic heterocycles. The van der Waals surface area contributed by atoms with Crippen molar-refractivity contribution >= 4 is 9.84 Å². The van der Waals surface area contributed by atoms with Gasteiger partial charge in [-0.2, -0.15) is 0 Å². The maximum absolute atomic E-state index is 11.3. The zero-order chi connectivity index (χ0) is 14.0. The Morgan fingerprint density at radius 3 is 2.17 bits per heavy atom. The molecule has 18 heavy (non-hydrogen) atoms. The lowest BCUT2D eigenvalue weighted by Crippen LogP contribution is -2.38. The fraction of sp³-hybridized carbons (Fsp3) is 0.538. The molecule has 4 nitrogen and oxygen atoms in total. The number of rotatable bonds is 5. The van der Waals surface area contributed by atoms with E-state index in [-0.39, 0.29) is 10.9 Å². The molecule has 0 amide bonds. The van der Waals surface area contributed by atoms with Gasteiger partial charge in [0.2, 0.25) is 0 Å². The molecule has 0 heterocycles. The number of hydrogen-bond acceptors (Lipinski definition) is 4. The Kier molecular flexibility index (Phi) is 4.53. The molecule has 0 bridgehead atoms. The smallest absolute Gasteiger partial charge is 0.175 e. The molecule has 0 aromatic heterocycles. The molecule has 0 aliphatic rings. The van der Waals surface area contributed by atoms with Crippen molar-refractivity contribution in [3.63, 3.8) is 0 Å². The summed E-state index contributed by atoms with van der Waals surface area (Å²) < 4.78 is 22.7. The maximum Gasteiger partial charge on any atom is 0.175 e. The first-order valence-electron chi connectivity index (χ1n) is 5.89. The molecule has 2 N–H and O–H groups in total. The van der Waals surface area contributed by atoms with Gasteiger partial charge in [-0.1, -0.05) is 26.0 Å². The van der Waals surface area contributed by atoms with Crippen molar-refractivity contribution in [2.24, 2.45) is 0 Å². The fourth-order valence-corrected chi connectivity index (χ4v) is 2.20. The molecular formula is C13H21NO3S. The van der Waals surface area contributed by atoms with Crippen LogP contribution in [0.3, 0.4) is 0 Å². The van der Waals surface area contributed by atoms with Gasteiger partial charge in [-0.05, 0) is 24.6 Å². The Hall–Kier alpha value is -0.910. The van der Waals surface area contributed by atoms with Crippen molar-refractivity contribution in [3.8, 4) is 0 Å². The molecule has 0 radical (unpaired) electrons. The zero-order valence-corrected chi connectivity index (χ0v) is 12.1. The zero-order valence-electron chi connectivity index (χ0n) is 11.3. The van der Waals surface area contributed by atoms with Gasteiger partial charge in [-0.25, -0.2) is 8.42 Å². The predicted octanol–water partition coefficient (Wildman–Crippen LogP) is 1.30. The molecule has 0 fully saturated rings. The van der Waals surface area contributed by atoms with E-state index in [2.05, 4.69) is 5.32 Å². The van der Waals surface area contributed by atoms with Crippen LogP contribution in [0.15, 0.2) is 29.2 Å². The van der Waals surface area contributed by atoms with E-state index in [1.165, 1.54) is 18.4 Å². The second-order valence-corrected chi connectivity index (χ2v) is 7.12. The highest BCUT2D eigenvalue weighted by Gasteiger charge is 2.23. The molecular weight excluding hydrogens is 250 g/mol. The van der Waals surface area contributed by atoms with Gasteiger partial charge in [0.05, 0.1) is 10.5 Å². The van der Waals surface area contributed by atoms with Gasteiger partial charge in [0, 0.05) is 18.8 Å². The lowest BCUT2D eigenvalue weighted by molar-refractivity contribution is 0.0549. The second kappa shape index (κ2) is 5.38. The lowest BCUT2D eigenvalue weighted by Gasteiger charge is -2.25. The number of aliphatic hydroxyl groups is 1. The highest BCUT2D eigenvalue weighted by Crippen LogP contribution is 2.21. The minimum absolute atomic E-state index is 0.263. The first kappa shape index (κ1) is 15.1. The van der Waals surface area contributed by atoms with Crippen LogP contribution in [0.25, 0.3) is 0 Å². The second-order valence-electron chi connectivity index (χ2n) is 5.11. The average Bonchev–Trinajstić information content (AvgIpc) is 2.26.